The van der Waals surface area contributed by atoms with Crippen LogP contribution in [-0.4, -0.2) is 31.2 Å². The zero-order valence-corrected chi connectivity index (χ0v) is 11.2. The minimum atomic E-state index is -4.49. The monoisotopic (exact) mass is 347 g/mol. The first-order chi connectivity index (χ1) is 8.75. The Morgan fingerprint density at radius 3 is 2.32 bits per heavy atom. The minimum absolute atomic E-state index is 0.0522. The van der Waals surface area contributed by atoms with Gasteiger partial charge in [-0.3, -0.25) is 0 Å². The van der Waals surface area contributed by atoms with Gasteiger partial charge in [-0.2, -0.15) is 13.2 Å². The Kier molecular flexibility index (Phi) is 5.54. The lowest BCUT2D eigenvalue weighted by Gasteiger charge is -2.25. The molecular formula is C11H11BrF5NO. The van der Waals surface area contributed by atoms with E-state index in [1.807, 2.05) is 0 Å². The molecule has 19 heavy (non-hydrogen) atoms. The van der Waals surface area contributed by atoms with Crippen molar-refractivity contribution < 1.29 is 27.1 Å². The number of aliphatic hydroxyl groups is 1. The van der Waals surface area contributed by atoms with Crippen molar-refractivity contribution in [3.05, 3.63) is 28.2 Å². The van der Waals surface area contributed by atoms with E-state index in [0.29, 0.717) is 0 Å². The van der Waals surface area contributed by atoms with Gasteiger partial charge in [0.25, 0.3) is 6.43 Å². The molecule has 0 atom stereocenters. The van der Waals surface area contributed by atoms with Gasteiger partial charge in [-0.15, -0.1) is 0 Å². The van der Waals surface area contributed by atoms with E-state index in [2.05, 4.69) is 15.9 Å². The molecule has 0 saturated heterocycles. The molecule has 1 aromatic rings. The van der Waals surface area contributed by atoms with Gasteiger partial charge in [0.05, 0.1) is 24.4 Å². The van der Waals surface area contributed by atoms with Gasteiger partial charge in [0.2, 0.25) is 0 Å². The molecule has 0 radical (unpaired) electrons. The summed E-state index contributed by atoms with van der Waals surface area (Å²) in [7, 11) is 0. The molecule has 1 aromatic carbocycles. The molecule has 8 heteroatoms. The molecular weight excluding hydrogens is 337 g/mol. The van der Waals surface area contributed by atoms with Crippen LogP contribution in [-0.2, 0) is 6.18 Å². The lowest BCUT2D eigenvalue weighted by Crippen LogP contribution is -2.31. The van der Waals surface area contributed by atoms with Crippen molar-refractivity contribution in [1.29, 1.82) is 0 Å². The van der Waals surface area contributed by atoms with Crippen LogP contribution in [0.3, 0.4) is 0 Å². The summed E-state index contributed by atoms with van der Waals surface area (Å²) in [4.78, 5) is 1.12. The third-order valence-corrected chi connectivity index (χ3v) is 2.98. The second-order valence-corrected chi connectivity index (χ2v) is 4.58. The summed E-state index contributed by atoms with van der Waals surface area (Å²) < 4.78 is 62.2. The molecule has 0 amide bonds. The molecule has 0 unspecified atom stereocenters. The molecule has 2 nitrogen and oxygen atoms in total. The van der Waals surface area contributed by atoms with Crippen molar-refractivity contribution in [2.45, 2.75) is 12.6 Å². The number of hydrogen-bond donors (Lipinski definition) is 1. The van der Waals surface area contributed by atoms with E-state index >= 15 is 0 Å². The van der Waals surface area contributed by atoms with Crippen LogP contribution in [0.4, 0.5) is 27.6 Å². The van der Waals surface area contributed by atoms with Crippen LogP contribution in [0.15, 0.2) is 22.7 Å². The van der Waals surface area contributed by atoms with Gasteiger partial charge in [-0.25, -0.2) is 8.78 Å². The molecule has 1 rings (SSSR count). The minimum Gasteiger partial charge on any atom is -0.395 e. The van der Waals surface area contributed by atoms with Crippen LogP contribution in [0.2, 0.25) is 0 Å². The third kappa shape index (κ3) is 4.61. The summed E-state index contributed by atoms with van der Waals surface area (Å²) in [5, 5.41) is 8.80. The van der Waals surface area contributed by atoms with E-state index in [9.17, 15) is 22.0 Å². The topological polar surface area (TPSA) is 23.5 Å². The smallest absolute Gasteiger partial charge is 0.395 e. The summed E-state index contributed by atoms with van der Waals surface area (Å²) in [6.07, 6.45) is -7.15. The fraction of sp³-hybridized carbons (Fsp3) is 0.455. The lowest BCUT2D eigenvalue weighted by molar-refractivity contribution is -0.137. The molecule has 0 aliphatic rings. The maximum absolute atomic E-state index is 12.5. The molecule has 0 aliphatic heterocycles. The number of nitrogens with zero attached hydrogens (tertiary/aromatic N) is 1. The summed E-state index contributed by atoms with van der Waals surface area (Å²) in [5.41, 5.74) is -0.688. The van der Waals surface area contributed by atoms with Gasteiger partial charge >= 0.3 is 6.18 Å². The second kappa shape index (κ2) is 6.51. The van der Waals surface area contributed by atoms with Gasteiger partial charge in [-0.05, 0) is 34.1 Å². The van der Waals surface area contributed by atoms with Crippen LogP contribution >= 0.6 is 15.9 Å². The first-order valence-corrected chi connectivity index (χ1v) is 6.05. The number of rotatable bonds is 5. The quantitative estimate of drug-likeness (QED) is 0.823. The Hall–Kier alpha value is -0.890. The Bertz CT molecular complexity index is 424. The molecule has 0 aromatic heterocycles. The predicted molar refractivity (Wildman–Crippen MR) is 64.4 cm³/mol. The number of halogens is 6. The van der Waals surface area contributed by atoms with E-state index in [1.165, 1.54) is 0 Å². The van der Waals surface area contributed by atoms with E-state index in [-0.39, 0.29) is 23.3 Å². The third-order valence-electron chi connectivity index (χ3n) is 2.34. The fourth-order valence-corrected chi connectivity index (χ4v) is 2.17. The van der Waals surface area contributed by atoms with Crippen molar-refractivity contribution >= 4 is 21.6 Å². The Labute approximate surface area is 115 Å². The van der Waals surface area contributed by atoms with Crippen LogP contribution in [0.1, 0.15) is 5.56 Å². The van der Waals surface area contributed by atoms with Crippen molar-refractivity contribution in [1.82, 2.24) is 0 Å². The number of aliphatic hydroxyl groups excluding tert-OH is 1. The highest BCUT2D eigenvalue weighted by molar-refractivity contribution is 9.10. The number of alkyl halides is 5. The Morgan fingerprint density at radius 1 is 1.26 bits per heavy atom. The van der Waals surface area contributed by atoms with Gasteiger partial charge in [-0.1, -0.05) is 0 Å². The average Bonchev–Trinajstić information content (AvgIpc) is 2.26. The summed E-state index contributed by atoms with van der Waals surface area (Å²) in [6.45, 7) is -1.13. The highest BCUT2D eigenvalue weighted by atomic mass is 79.9. The van der Waals surface area contributed by atoms with Crippen molar-refractivity contribution in [3.63, 3.8) is 0 Å². The van der Waals surface area contributed by atoms with E-state index in [1.54, 1.807) is 0 Å². The first kappa shape index (κ1) is 16.2. The Balaban J connectivity index is 3.04. The van der Waals surface area contributed by atoms with E-state index in [4.69, 9.17) is 5.11 Å². The molecule has 108 valence electrons. The number of anilines is 1. The summed E-state index contributed by atoms with van der Waals surface area (Å²) in [5.74, 6) is 0. The molecule has 0 bridgehead atoms. The highest BCUT2D eigenvalue weighted by Crippen LogP contribution is 2.35. The van der Waals surface area contributed by atoms with Gasteiger partial charge < -0.3 is 10.0 Å². The summed E-state index contributed by atoms with van der Waals surface area (Å²) in [6, 6.07) is 2.74. The predicted octanol–water partition coefficient (Wildman–Crippen LogP) is 3.53. The van der Waals surface area contributed by atoms with Gasteiger partial charge in [0.1, 0.15) is 0 Å². The number of benzene rings is 1. The second-order valence-electron chi connectivity index (χ2n) is 3.72. The molecule has 0 fully saturated rings. The SMILES string of the molecule is OCCN(CC(F)F)c1ccc(C(F)(F)F)cc1Br. The summed E-state index contributed by atoms with van der Waals surface area (Å²) >= 11 is 2.93. The Morgan fingerprint density at radius 2 is 1.89 bits per heavy atom. The van der Waals surface area contributed by atoms with Crippen molar-refractivity contribution in [2.24, 2.45) is 0 Å². The molecule has 0 heterocycles. The maximum Gasteiger partial charge on any atom is 0.416 e. The zero-order chi connectivity index (χ0) is 14.6. The lowest BCUT2D eigenvalue weighted by atomic mass is 10.2. The molecule has 0 saturated carbocycles. The van der Waals surface area contributed by atoms with Crippen LogP contribution in [0, 0.1) is 0 Å². The average molecular weight is 348 g/mol. The number of hydrogen-bond acceptors (Lipinski definition) is 2. The fourth-order valence-electron chi connectivity index (χ4n) is 1.54. The van der Waals surface area contributed by atoms with Crippen LogP contribution in [0.5, 0.6) is 0 Å². The van der Waals surface area contributed by atoms with E-state index < -0.39 is 24.7 Å². The van der Waals surface area contributed by atoms with Crippen LogP contribution < -0.4 is 4.90 Å². The largest absolute Gasteiger partial charge is 0.416 e. The van der Waals surface area contributed by atoms with Crippen molar-refractivity contribution in [2.75, 3.05) is 24.6 Å². The van der Waals surface area contributed by atoms with Crippen molar-refractivity contribution in [3.8, 4) is 0 Å². The highest BCUT2D eigenvalue weighted by Gasteiger charge is 2.31. The van der Waals surface area contributed by atoms with Crippen LogP contribution in [0.25, 0.3) is 0 Å². The van der Waals surface area contributed by atoms with Gasteiger partial charge in [0.15, 0.2) is 0 Å². The molecule has 1 N–H and O–H groups in total. The standard InChI is InChI=1S/C11H11BrF5NO/c12-8-5-7(11(15,16)17)1-2-9(8)18(3-4-19)6-10(13)14/h1-2,5,10,19H,3-4,6H2. The molecule has 0 spiro atoms. The first-order valence-electron chi connectivity index (χ1n) is 5.26. The van der Waals surface area contributed by atoms with Gasteiger partial charge in [0, 0.05) is 11.0 Å². The zero-order valence-electron chi connectivity index (χ0n) is 9.59. The maximum atomic E-state index is 12.5. The normalized spacial score (nSPS) is 12.0. The molecule has 0 aliphatic carbocycles. The van der Waals surface area contributed by atoms with E-state index in [0.717, 1.165) is 23.1 Å².